The summed E-state index contributed by atoms with van der Waals surface area (Å²) in [7, 11) is 0. The van der Waals surface area contributed by atoms with Gasteiger partial charge in [-0.2, -0.15) is 0 Å². The third-order valence-corrected chi connectivity index (χ3v) is 7.04. The molecule has 5 nitrogen and oxygen atoms in total. The Hall–Kier alpha value is -4.49. The number of hydrogen-bond donors (Lipinski definition) is 1. The van der Waals surface area contributed by atoms with Gasteiger partial charge < -0.3 is 19.5 Å². The van der Waals surface area contributed by atoms with Gasteiger partial charge >= 0.3 is 0 Å². The fourth-order valence-electron chi connectivity index (χ4n) is 4.91. The summed E-state index contributed by atoms with van der Waals surface area (Å²) in [6.07, 6.45) is 3.65. The number of aryl methyl sites for hydroxylation is 1. The zero-order chi connectivity index (χ0) is 26.1. The molecule has 3 heterocycles. The molecule has 1 aliphatic rings. The molecule has 1 aliphatic heterocycles. The molecule has 0 radical (unpaired) electrons. The fourth-order valence-corrected chi connectivity index (χ4v) is 5.25. The Morgan fingerprint density at radius 1 is 0.868 bits per heavy atom. The molecule has 0 spiro atoms. The molecule has 5 aromatic rings. The molecule has 2 aromatic heterocycles. The number of pyridine rings is 1. The van der Waals surface area contributed by atoms with Gasteiger partial charge in [0.1, 0.15) is 23.4 Å². The van der Waals surface area contributed by atoms with Crippen LogP contribution < -0.4 is 15.0 Å². The molecule has 3 aromatic carbocycles. The third kappa shape index (κ3) is 4.41. The Balaban J connectivity index is 1.41. The minimum Gasteiger partial charge on any atom is -0.457 e. The van der Waals surface area contributed by atoms with E-state index in [0.717, 1.165) is 34.1 Å². The van der Waals surface area contributed by atoms with Gasteiger partial charge in [0.25, 0.3) is 0 Å². The molecule has 6 rings (SSSR count). The normalized spacial score (nSPS) is 16.9. The van der Waals surface area contributed by atoms with E-state index >= 15 is 0 Å². The number of hydrogen-bond acceptors (Lipinski definition) is 3. The molecule has 1 saturated heterocycles. The summed E-state index contributed by atoms with van der Waals surface area (Å²) in [5, 5.41) is 4.04. The van der Waals surface area contributed by atoms with E-state index in [-0.39, 0.29) is 17.9 Å². The Morgan fingerprint density at radius 3 is 2.39 bits per heavy atom. The van der Waals surface area contributed by atoms with E-state index in [2.05, 4.69) is 15.2 Å². The second-order valence-electron chi connectivity index (χ2n) is 9.11. The number of aromatic nitrogens is 2. The number of thiocarbonyl (C=S) groups is 1. The molecule has 0 unspecified atom stereocenters. The van der Waals surface area contributed by atoms with Crippen LogP contribution in [0.4, 0.5) is 10.1 Å². The summed E-state index contributed by atoms with van der Waals surface area (Å²) in [6, 6.07) is 31.8. The summed E-state index contributed by atoms with van der Waals surface area (Å²) in [5.41, 5.74) is 4.17. The Morgan fingerprint density at radius 2 is 1.63 bits per heavy atom. The van der Waals surface area contributed by atoms with Gasteiger partial charge in [0.2, 0.25) is 0 Å². The van der Waals surface area contributed by atoms with Crippen molar-refractivity contribution < 1.29 is 9.13 Å². The second kappa shape index (κ2) is 10.1. The minimum absolute atomic E-state index is 0.244. The summed E-state index contributed by atoms with van der Waals surface area (Å²) >= 11 is 5.86. The highest BCUT2D eigenvalue weighted by atomic mass is 32.1. The van der Waals surface area contributed by atoms with Gasteiger partial charge in [0.05, 0.1) is 17.4 Å². The molecular formula is C31H25FN4OS. The first-order valence-electron chi connectivity index (χ1n) is 12.4. The summed E-state index contributed by atoms with van der Waals surface area (Å²) in [6.45, 7) is 2.02. The number of nitrogens with zero attached hydrogens (tertiary/aromatic N) is 3. The van der Waals surface area contributed by atoms with Gasteiger partial charge in [-0.1, -0.05) is 36.4 Å². The lowest BCUT2D eigenvalue weighted by molar-refractivity contribution is 0.479. The molecular weight excluding hydrogens is 495 g/mol. The molecule has 38 heavy (non-hydrogen) atoms. The minimum atomic E-state index is -0.294. The predicted molar refractivity (Wildman–Crippen MR) is 151 cm³/mol. The summed E-state index contributed by atoms with van der Waals surface area (Å²) in [4.78, 5) is 6.69. The van der Waals surface area contributed by atoms with Gasteiger partial charge in [-0.3, -0.25) is 4.98 Å². The highest BCUT2D eigenvalue weighted by Crippen LogP contribution is 2.43. The van der Waals surface area contributed by atoms with Gasteiger partial charge in [-0.25, -0.2) is 4.39 Å². The van der Waals surface area contributed by atoms with Crippen molar-refractivity contribution in [2.75, 3.05) is 4.90 Å². The van der Waals surface area contributed by atoms with E-state index in [1.54, 1.807) is 18.3 Å². The van der Waals surface area contributed by atoms with E-state index in [1.807, 2.05) is 103 Å². The van der Waals surface area contributed by atoms with Crippen LogP contribution in [0.1, 0.15) is 29.0 Å². The molecule has 0 aliphatic carbocycles. The average molecular weight is 521 g/mol. The lowest BCUT2D eigenvalue weighted by Crippen LogP contribution is -2.30. The second-order valence-corrected chi connectivity index (χ2v) is 9.50. The molecule has 2 atom stereocenters. The van der Waals surface area contributed by atoms with E-state index in [0.29, 0.717) is 10.8 Å². The number of halogens is 1. The van der Waals surface area contributed by atoms with E-state index in [9.17, 15) is 4.39 Å². The van der Waals surface area contributed by atoms with Crippen molar-refractivity contribution in [3.05, 3.63) is 138 Å². The van der Waals surface area contributed by atoms with Gasteiger partial charge in [-0.05, 0) is 91.4 Å². The molecule has 1 fully saturated rings. The summed E-state index contributed by atoms with van der Waals surface area (Å²) < 4.78 is 22.9. The van der Waals surface area contributed by atoms with Crippen LogP contribution in [0.5, 0.6) is 11.5 Å². The largest absolute Gasteiger partial charge is 0.457 e. The lowest BCUT2D eigenvalue weighted by atomic mass is 10.0. The van der Waals surface area contributed by atoms with Crippen LogP contribution in [-0.2, 0) is 0 Å². The fraction of sp³-hybridized carbons (Fsp3) is 0.0968. The van der Waals surface area contributed by atoms with Crippen LogP contribution >= 0.6 is 12.2 Å². The number of rotatable bonds is 6. The van der Waals surface area contributed by atoms with E-state index in [4.69, 9.17) is 17.0 Å². The molecule has 1 N–H and O–H groups in total. The van der Waals surface area contributed by atoms with Crippen LogP contribution in [0.15, 0.2) is 116 Å². The number of nitrogens with one attached hydrogen (secondary N) is 1. The Bertz CT molecular complexity index is 1590. The standard InChI is InChI=1S/C31H25FN4OS/c1-21-9-2-5-14-28(21)37-23-17-15-22(16-18-23)36-30(29(34-31(36)38)25-11-6-7-19-33-25)27-13-8-20-35(27)26-12-4-3-10-24(26)32/h2-20,29-30H,1H3,(H,34,38)/t29-,30-/m1/s1. The number of para-hydroxylation sites is 2. The van der Waals surface area contributed by atoms with Crippen LogP contribution in [-0.4, -0.2) is 14.7 Å². The van der Waals surface area contributed by atoms with Crippen molar-refractivity contribution in [1.29, 1.82) is 0 Å². The Labute approximate surface area is 226 Å². The van der Waals surface area contributed by atoms with Crippen molar-refractivity contribution >= 4 is 23.0 Å². The van der Waals surface area contributed by atoms with Crippen molar-refractivity contribution in [3.8, 4) is 17.2 Å². The maximum absolute atomic E-state index is 14.9. The average Bonchev–Trinajstić information content (AvgIpc) is 3.55. The molecule has 0 bridgehead atoms. The molecule has 0 amide bonds. The van der Waals surface area contributed by atoms with Crippen molar-refractivity contribution in [3.63, 3.8) is 0 Å². The highest BCUT2D eigenvalue weighted by Gasteiger charge is 2.42. The van der Waals surface area contributed by atoms with Gasteiger partial charge in [-0.15, -0.1) is 0 Å². The van der Waals surface area contributed by atoms with Gasteiger partial charge in [0, 0.05) is 23.8 Å². The number of benzene rings is 3. The number of anilines is 1. The third-order valence-electron chi connectivity index (χ3n) is 6.73. The first kappa shape index (κ1) is 23.9. The van der Waals surface area contributed by atoms with E-state index < -0.39 is 0 Å². The van der Waals surface area contributed by atoms with Crippen LogP contribution in [0.2, 0.25) is 0 Å². The molecule has 188 valence electrons. The maximum Gasteiger partial charge on any atom is 0.174 e. The van der Waals surface area contributed by atoms with Gasteiger partial charge in [0.15, 0.2) is 5.11 Å². The number of ether oxygens (including phenoxy) is 1. The zero-order valence-electron chi connectivity index (χ0n) is 20.7. The van der Waals surface area contributed by atoms with Crippen molar-refractivity contribution in [2.24, 2.45) is 0 Å². The first-order valence-corrected chi connectivity index (χ1v) is 12.8. The maximum atomic E-state index is 14.9. The molecule has 7 heteroatoms. The predicted octanol–water partition coefficient (Wildman–Crippen LogP) is 7.29. The summed E-state index contributed by atoms with van der Waals surface area (Å²) in [5.74, 6) is 1.25. The lowest BCUT2D eigenvalue weighted by Gasteiger charge is -2.29. The SMILES string of the molecule is Cc1ccccc1Oc1ccc(N2C(=S)N[C@H](c3ccccn3)[C@H]2c2cccn2-c2ccccc2F)cc1. The highest BCUT2D eigenvalue weighted by molar-refractivity contribution is 7.80. The topological polar surface area (TPSA) is 42.3 Å². The first-order chi connectivity index (χ1) is 18.6. The van der Waals surface area contributed by atoms with E-state index in [1.165, 1.54) is 6.07 Å². The quantitative estimate of drug-likeness (QED) is 0.238. The van der Waals surface area contributed by atoms with Crippen LogP contribution in [0.25, 0.3) is 5.69 Å². The van der Waals surface area contributed by atoms with Crippen molar-refractivity contribution in [1.82, 2.24) is 14.9 Å². The van der Waals surface area contributed by atoms with Crippen LogP contribution in [0, 0.1) is 12.7 Å². The van der Waals surface area contributed by atoms with Crippen LogP contribution in [0.3, 0.4) is 0 Å². The zero-order valence-corrected chi connectivity index (χ0v) is 21.5. The smallest absolute Gasteiger partial charge is 0.174 e. The molecule has 0 saturated carbocycles. The Kier molecular flexibility index (Phi) is 6.35. The monoisotopic (exact) mass is 520 g/mol. The van der Waals surface area contributed by atoms with Crippen molar-refractivity contribution in [2.45, 2.75) is 19.0 Å².